The highest BCUT2D eigenvalue weighted by Crippen LogP contribution is 2.31. The first kappa shape index (κ1) is 17.8. The Hall–Kier alpha value is -2.63. The molecule has 0 saturated carbocycles. The molecule has 1 heterocycles. The van der Waals surface area contributed by atoms with E-state index in [-0.39, 0.29) is 10.7 Å². The lowest BCUT2D eigenvalue weighted by molar-refractivity contribution is 0.632. The van der Waals surface area contributed by atoms with E-state index in [1.807, 2.05) is 18.2 Å². The number of halogens is 2. The van der Waals surface area contributed by atoms with Gasteiger partial charge in [0.05, 0.1) is 10.7 Å². The van der Waals surface area contributed by atoms with E-state index in [0.717, 1.165) is 17.6 Å². The van der Waals surface area contributed by atoms with Crippen molar-refractivity contribution in [3.63, 3.8) is 0 Å². The summed E-state index contributed by atoms with van der Waals surface area (Å²) in [5.41, 5.74) is 3.45. The van der Waals surface area contributed by atoms with Crippen molar-refractivity contribution in [2.75, 3.05) is 10.6 Å². The molecule has 0 spiro atoms. The smallest absolute Gasteiger partial charge is 0.175 e. The van der Waals surface area contributed by atoms with Crippen molar-refractivity contribution in [2.24, 2.45) is 0 Å². The van der Waals surface area contributed by atoms with Crippen LogP contribution in [0.1, 0.15) is 6.92 Å². The predicted octanol–water partition coefficient (Wildman–Crippen LogP) is 6.42. The molecule has 0 unspecified atom stereocenters. The van der Waals surface area contributed by atoms with Gasteiger partial charge in [0.1, 0.15) is 0 Å². The summed E-state index contributed by atoms with van der Waals surface area (Å²) in [5, 5.41) is 8.67. The van der Waals surface area contributed by atoms with Crippen LogP contribution in [-0.2, 0) is 6.54 Å². The summed E-state index contributed by atoms with van der Waals surface area (Å²) in [7, 11) is 0. The molecule has 3 nitrogen and oxygen atoms in total. The fourth-order valence-corrected chi connectivity index (χ4v) is 3.76. The minimum absolute atomic E-state index is 0.0524. The summed E-state index contributed by atoms with van der Waals surface area (Å²) in [6.07, 6.45) is 0. The average Bonchev–Trinajstić information content (AvgIpc) is 2.98. The van der Waals surface area contributed by atoms with E-state index < -0.39 is 5.82 Å². The zero-order valence-electron chi connectivity index (χ0n) is 14.6. The summed E-state index contributed by atoms with van der Waals surface area (Å²) < 4.78 is 16.3. The summed E-state index contributed by atoms with van der Waals surface area (Å²) in [4.78, 5) is 0. The third kappa shape index (κ3) is 3.24. The molecule has 1 aromatic heterocycles. The second-order valence-electron chi connectivity index (χ2n) is 6.17. The minimum atomic E-state index is -0.523. The highest BCUT2D eigenvalue weighted by molar-refractivity contribution is 7.80. The van der Waals surface area contributed by atoms with Gasteiger partial charge in [0, 0.05) is 34.0 Å². The van der Waals surface area contributed by atoms with Gasteiger partial charge in [0.15, 0.2) is 10.9 Å². The molecule has 2 N–H and O–H groups in total. The second-order valence-corrected chi connectivity index (χ2v) is 6.99. The summed E-state index contributed by atoms with van der Waals surface area (Å²) in [6, 6.07) is 19.2. The van der Waals surface area contributed by atoms with Crippen molar-refractivity contribution in [3.8, 4) is 0 Å². The lowest BCUT2D eigenvalue weighted by Gasteiger charge is -2.12. The molecule has 0 bridgehead atoms. The highest BCUT2D eigenvalue weighted by Gasteiger charge is 2.11. The molecule has 136 valence electrons. The van der Waals surface area contributed by atoms with Crippen molar-refractivity contribution in [1.29, 1.82) is 0 Å². The number of hydrogen-bond acceptors (Lipinski definition) is 1. The third-order valence-electron chi connectivity index (χ3n) is 4.55. The van der Waals surface area contributed by atoms with Gasteiger partial charge in [0.25, 0.3) is 0 Å². The van der Waals surface area contributed by atoms with Gasteiger partial charge >= 0.3 is 0 Å². The number of anilines is 2. The Labute approximate surface area is 166 Å². The third-order valence-corrected chi connectivity index (χ3v) is 5.04. The van der Waals surface area contributed by atoms with Gasteiger partial charge in [-0.25, -0.2) is 4.39 Å². The van der Waals surface area contributed by atoms with E-state index in [1.54, 1.807) is 12.1 Å². The molecular formula is C21H17ClFN3S. The highest BCUT2D eigenvalue weighted by atomic mass is 35.5. The van der Waals surface area contributed by atoms with Crippen LogP contribution in [0.5, 0.6) is 0 Å². The number of nitrogens with one attached hydrogen (secondary N) is 2. The standard InChI is InChI=1S/C21H17ClFN3S/c1-2-26-18-9-4-3-6-14(18)15-12-13(10-11-19(15)26)24-21(27)25-17-8-5-7-16(22)20(17)23/h3-12H,2H2,1H3,(H2,24,25,27). The van der Waals surface area contributed by atoms with Crippen LogP contribution in [0, 0.1) is 5.82 Å². The number of thiocarbonyl (C=S) groups is 1. The maximum Gasteiger partial charge on any atom is 0.175 e. The Bertz CT molecular complexity index is 1170. The van der Waals surface area contributed by atoms with E-state index in [0.29, 0.717) is 5.11 Å². The van der Waals surface area contributed by atoms with Gasteiger partial charge in [-0.1, -0.05) is 35.9 Å². The van der Waals surface area contributed by atoms with Gasteiger partial charge in [-0.15, -0.1) is 0 Å². The number of nitrogens with zero attached hydrogens (tertiary/aromatic N) is 1. The fraction of sp³-hybridized carbons (Fsp3) is 0.0952. The summed E-state index contributed by atoms with van der Waals surface area (Å²) in [5.74, 6) is -0.523. The number of aryl methyl sites for hydroxylation is 1. The van der Waals surface area contributed by atoms with Gasteiger partial charge in [0.2, 0.25) is 0 Å². The number of hydrogen-bond donors (Lipinski definition) is 2. The molecule has 0 amide bonds. The van der Waals surface area contributed by atoms with Crippen LogP contribution in [-0.4, -0.2) is 9.68 Å². The van der Waals surface area contributed by atoms with Crippen LogP contribution in [0.2, 0.25) is 5.02 Å². The Morgan fingerprint density at radius 1 is 1.00 bits per heavy atom. The van der Waals surface area contributed by atoms with E-state index >= 15 is 0 Å². The molecule has 0 aliphatic carbocycles. The zero-order chi connectivity index (χ0) is 19.0. The first-order valence-corrected chi connectivity index (χ1v) is 9.40. The van der Waals surface area contributed by atoms with Crippen molar-refractivity contribution in [2.45, 2.75) is 13.5 Å². The Balaban J connectivity index is 1.65. The normalized spacial score (nSPS) is 11.1. The molecule has 0 aliphatic rings. The van der Waals surface area contributed by atoms with Gasteiger partial charge in [-0.05, 0) is 55.5 Å². The zero-order valence-corrected chi connectivity index (χ0v) is 16.2. The van der Waals surface area contributed by atoms with Crippen molar-refractivity contribution in [3.05, 3.63) is 71.5 Å². The molecule has 3 aromatic carbocycles. The van der Waals surface area contributed by atoms with E-state index in [4.69, 9.17) is 23.8 Å². The molecule has 6 heteroatoms. The predicted molar refractivity (Wildman–Crippen MR) is 116 cm³/mol. The summed E-state index contributed by atoms with van der Waals surface area (Å²) >= 11 is 11.1. The molecule has 27 heavy (non-hydrogen) atoms. The molecule has 0 radical (unpaired) electrons. The average molecular weight is 398 g/mol. The lowest BCUT2D eigenvalue weighted by Crippen LogP contribution is -2.19. The Morgan fingerprint density at radius 3 is 2.59 bits per heavy atom. The van der Waals surface area contributed by atoms with Crippen LogP contribution in [0.4, 0.5) is 15.8 Å². The van der Waals surface area contributed by atoms with Gasteiger partial charge in [-0.2, -0.15) is 0 Å². The van der Waals surface area contributed by atoms with Crippen LogP contribution in [0.15, 0.2) is 60.7 Å². The quantitative estimate of drug-likeness (QED) is 0.391. The monoisotopic (exact) mass is 397 g/mol. The summed E-state index contributed by atoms with van der Waals surface area (Å²) in [6.45, 7) is 3.03. The number of rotatable bonds is 3. The number of benzene rings is 3. The second kappa shape index (κ2) is 7.18. The maximum absolute atomic E-state index is 14.0. The minimum Gasteiger partial charge on any atom is -0.341 e. The van der Waals surface area contributed by atoms with Crippen molar-refractivity contribution < 1.29 is 4.39 Å². The van der Waals surface area contributed by atoms with Crippen LogP contribution in [0.25, 0.3) is 21.8 Å². The molecule has 0 fully saturated rings. The number of para-hydroxylation sites is 1. The Kier molecular flexibility index (Phi) is 4.72. The van der Waals surface area contributed by atoms with Crippen molar-refractivity contribution >= 4 is 62.1 Å². The number of aromatic nitrogens is 1. The number of fused-ring (bicyclic) bond motifs is 3. The maximum atomic E-state index is 14.0. The molecule has 0 saturated heterocycles. The molecule has 4 rings (SSSR count). The fourth-order valence-electron chi connectivity index (χ4n) is 3.36. The van der Waals surface area contributed by atoms with Crippen LogP contribution < -0.4 is 10.6 Å². The van der Waals surface area contributed by atoms with Gasteiger partial charge < -0.3 is 15.2 Å². The molecule has 4 aromatic rings. The first-order chi connectivity index (χ1) is 13.1. The van der Waals surface area contributed by atoms with E-state index in [2.05, 4.69) is 46.4 Å². The first-order valence-electron chi connectivity index (χ1n) is 8.61. The van der Waals surface area contributed by atoms with E-state index in [1.165, 1.54) is 22.5 Å². The Morgan fingerprint density at radius 2 is 1.78 bits per heavy atom. The lowest BCUT2D eigenvalue weighted by atomic mass is 10.1. The van der Waals surface area contributed by atoms with Crippen LogP contribution >= 0.6 is 23.8 Å². The van der Waals surface area contributed by atoms with Crippen molar-refractivity contribution in [1.82, 2.24) is 4.57 Å². The molecular weight excluding hydrogens is 381 g/mol. The van der Waals surface area contributed by atoms with Gasteiger partial charge in [-0.3, -0.25) is 0 Å². The van der Waals surface area contributed by atoms with E-state index in [9.17, 15) is 4.39 Å². The molecule has 0 atom stereocenters. The SMILES string of the molecule is CCn1c2ccccc2c2cc(NC(=S)Nc3cccc(Cl)c3F)ccc21. The topological polar surface area (TPSA) is 29.0 Å². The van der Waals surface area contributed by atoms with Crippen LogP contribution in [0.3, 0.4) is 0 Å². The largest absolute Gasteiger partial charge is 0.341 e. The molecule has 0 aliphatic heterocycles.